The molecular weight excluding hydrogens is 168 g/mol. The predicted octanol–water partition coefficient (Wildman–Crippen LogP) is -0.875. The fourth-order valence-electron chi connectivity index (χ4n) is 1.42. The molecule has 0 aliphatic carbocycles. The van der Waals surface area contributed by atoms with Gasteiger partial charge in [-0.05, 0) is 0 Å². The van der Waals surface area contributed by atoms with E-state index in [0.717, 1.165) is 36.7 Å². The molecule has 0 aromatic carbocycles. The molecule has 0 spiro atoms. The number of hydrogen-bond acceptors (Lipinski definition) is 4. The number of rotatable bonds is 1. The third-order valence-corrected chi connectivity index (χ3v) is 2.10. The molecule has 5 nitrogen and oxygen atoms in total. The van der Waals surface area contributed by atoms with Crippen molar-refractivity contribution in [2.45, 2.75) is 0 Å². The Bertz CT molecular complexity index is 285. The molecule has 2 rings (SSSR count). The van der Waals surface area contributed by atoms with Gasteiger partial charge in [0.1, 0.15) is 0 Å². The summed E-state index contributed by atoms with van der Waals surface area (Å²) in [7, 11) is 0. The third-order valence-electron chi connectivity index (χ3n) is 2.10. The van der Waals surface area contributed by atoms with Crippen LogP contribution in [0.5, 0.6) is 0 Å². The lowest BCUT2D eigenvalue weighted by Gasteiger charge is -2.27. The predicted molar refractivity (Wildman–Crippen MR) is 48.3 cm³/mol. The van der Waals surface area contributed by atoms with Gasteiger partial charge in [-0.2, -0.15) is 4.73 Å². The molecule has 1 aromatic rings. The zero-order chi connectivity index (χ0) is 9.10. The summed E-state index contributed by atoms with van der Waals surface area (Å²) in [6, 6.07) is 0. The quantitative estimate of drug-likeness (QED) is 0.450. The van der Waals surface area contributed by atoms with Crippen molar-refractivity contribution in [1.82, 2.24) is 10.3 Å². The average molecular weight is 180 g/mol. The van der Waals surface area contributed by atoms with Crippen molar-refractivity contribution in [3.63, 3.8) is 0 Å². The summed E-state index contributed by atoms with van der Waals surface area (Å²) in [4.78, 5) is 6.24. The molecule has 0 bridgehead atoms. The second-order valence-corrected chi connectivity index (χ2v) is 3.01. The van der Waals surface area contributed by atoms with Gasteiger partial charge in [0.05, 0.1) is 6.20 Å². The first-order valence-electron chi connectivity index (χ1n) is 4.37. The van der Waals surface area contributed by atoms with Crippen molar-refractivity contribution in [3.05, 3.63) is 23.8 Å². The first kappa shape index (κ1) is 8.25. The van der Waals surface area contributed by atoms with Crippen molar-refractivity contribution in [3.8, 4) is 0 Å². The average Bonchev–Trinajstić information content (AvgIpc) is 2.19. The Morgan fingerprint density at radius 2 is 2.23 bits per heavy atom. The third kappa shape index (κ3) is 1.86. The van der Waals surface area contributed by atoms with Gasteiger partial charge in [0.25, 0.3) is 0 Å². The monoisotopic (exact) mass is 180 g/mol. The van der Waals surface area contributed by atoms with Gasteiger partial charge in [0.15, 0.2) is 12.0 Å². The summed E-state index contributed by atoms with van der Waals surface area (Å²) in [6.07, 6.45) is 4.43. The van der Waals surface area contributed by atoms with E-state index in [-0.39, 0.29) is 0 Å². The zero-order valence-electron chi connectivity index (χ0n) is 7.31. The summed E-state index contributed by atoms with van der Waals surface area (Å²) < 4.78 is 0.782. The highest BCUT2D eigenvalue weighted by atomic mass is 16.5. The lowest BCUT2D eigenvalue weighted by Crippen LogP contribution is -2.44. The van der Waals surface area contributed by atoms with E-state index >= 15 is 0 Å². The van der Waals surface area contributed by atoms with Crippen LogP contribution in [0, 0.1) is 5.21 Å². The van der Waals surface area contributed by atoms with Crippen LogP contribution in [0.3, 0.4) is 0 Å². The van der Waals surface area contributed by atoms with Gasteiger partial charge in [-0.25, -0.2) is 4.98 Å². The summed E-state index contributed by atoms with van der Waals surface area (Å²) in [6.45, 7) is 3.74. The molecule has 0 amide bonds. The highest BCUT2D eigenvalue weighted by molar-refractivity contribution is 5.34. The first-order chi connectivity index (χ1) is 6.36. The van der Waals surface area contributed by atoms with Crippen LogP contribution in [0.4, 0.5) is 5.82 Å². The fourth-order valence-corrected chi connectivity index (χ4v) is 1.42. The number of nitrogens with one attached hydrogen (secondary N) is 1. The van der Waals surface area contributed by atoms with E-state index in [0.29, 0.717) is 0 Å². The number of hydrogen-bond donors (Lipinski definition) is 1. The smallest absolute Gasteiger partial charge is 0.223 e. The Morgan fingerprint density at radius 1 is 1.46 bits per heavy atom. The first-order valence-corrected chi connectivity index (χ1v) is 4.37. The minimum Gasteiger partial charge on any atom is -0.619 e. The molecule has 1 fully saturated rings. The second kappa shape index (κ2) is 3.57. The maximum Gasteiger partial charge on any atom is 0.223 e. The lowest BCUT2D eigenvalue weighted by molar-refractivity contribution is -0.605. The van der Waals surface area contributed by atoms with E-state index in [9.17, 15) is 5.21 Å². The van der Waals surface area contributed by atoms with Gasteiger partial charge in [0.2, 0.25) is 6.20 Å². The molecule has 2 heterocycles. The minimum atomic E-state index is 0.763. The summed E-state index contributed by atoms with van der Waals surface area (Å²) in [5, 5.41) is 14.2. The molecule has 0 atom stereocenters. The molecule has 5 heteroatoms. The molecule has 0 radical (unpaired) electrons. The van der Waals surface area contributed by atoms with Crippen molar-refractivity contribution in [2.24, 2.45) is 0 Å². The summed E-state index contributed by atoms with van der Waals surface area (Å²) in [5.41, 5.74) is 0. The Morgan fingerprint density at radius 3 is 2.92 bits per heavy atom. The molecule has 0 saturated carbocycles. The topological polar surface area (TPSA) is 55.1 Å². The molecule has 1 aliphatic heterocycles. The fraction of sp³-hybridized carbons (Fsp3) is 0.500. The highest BCUT2D eigenvalue weighted by Crippen LogP contribution is 2.06. The van der Waals surface area contributed by atoms with Crippen LogP contribution in [0.1, 0.15) is 0 Å². The molecule has 1 N–H and O–H groups in total. The highest BCUT2D eigenvalue weighted by Gasteiger charge is 2.12. The Kier molecular flexibility index (Phi) is 2.27. The molecule has 1 aliphatic rings. The van der Waals surface area contributed by atoms with Crippen LogP contribution in [0.2, 0.25) is 0 Å². The van der Waals surface area contributed by atoms with E-state index in [1.807, 2.05) is 0 Å². The van der Waals surface area contributed by atoms with E-state index < -0.39 is 0 Å². The maximum atomic E-state index is 11.0. The van der Waals surface area contributed by atoms with Crippen LogP contribution in [-0.4, -0.2) is 31.2 Å². The number of aromatic nitrogens is 2. The van der Waals surface area contributed by atoms with Crippen LogP contribution in [0.15, 0.2) is 18.6 Å². The number of piperazine rings is 1. The maximum absolute atomic E-state index is 11.0. The van der Waals surface area contributed by atoms with Gasteiger partial charge in [-0.3, -0.25) is 0 Å². The van der Waals surface area contributed by atoms with E-state index in [1.54, 1.807) is 0 Å². The number of nitrogens with zero attached hydrogens (tertiary/aromatic N) is 3. The van der Waals surface area contributed by atoms with E-state index in [1.165, 1.54) is 18.6 Å². The van der Waals surface area contributed by atoms with Crippen LogP contribution in [-0.2, 0) is 0 Å². The summed E-state index contributed by atoms with van der Waals surface area (Å²) in [5.74, 6) is 0.763. The second-order valence-electron chi connectivity index (χ2n) is 3.01. The normalized spacial score (nSPS) is 17.4. The van der Waals surface area contributed by atoms with Gasteiger partial charge >= 0.3 is 0 Å². The number of anilines is 1. The van der Waals surface area contributed by atoms with Crippen LogP contribution < -0.4 is 14.9 Å². The van der Waals surface area contributed by atoms with Crippen molar-refractivity contribution < 1.29 is 4.73 Å². The zero-order valence-corrected chi connectivity index (χ0v) is 7.31. The minimum absolute atomic E-state index is 0.763. The molecule has 70 valence electrons. The Hall–Kier alpha value is -1.36. The summed E-state index contributed by atoms with van der Waals surface area (Å²) >= 11 is 0. The Labute approximate surface area is 76.6 Å². The lowest BCUT2D eigenvalue weighted by atomic mass is 10.4. The molecule has 1 aromatic heterocycles. The SMILES string of the molecule is [O-][n+]1ccnc(N2CCNCC2)c1. The molecule has 13 heavy (non-hydrogen) atoms. The van der Waals surface area contributed by atoms with Crippen LogP contribution >= 0.6 is 0 Å². The Balaban J connectivity index is 2.14. The van der Waals surface area contributed by atoms with Gasteiger partial charge in [-0.15, -0.1) is 0 Å². The largest absolute Gasteiger partial charge is 0.619 e. The molecule has 0 unspecified atom stereocenters. The van der Waals surface area contributed by atoms with Crippen molar-refractivity contribution in [1.29, 1.82) is 0 Å². The van der Waals surface area contributed by atoms with Gasteiger partial charge in [0, 0.05) is 26.2 Å². The van der Waals surface area contributed by atoms with E-state index in [2.05, 4.69) is 15.2 Å². The van der Waals surface area contributed by atoms with Gasteiger partial charge < -0.3 is 15.4 Å². The molecular formula is C8H12N4O. The molecule has 1 saturated heterocycles. The van der Waals surface area contributed by atoms with Gasteiger partial charge in [-0.1, -0.05) is 0 Å². The van der Waals surface area contributed by atoms with Crippen molar-refractivity contribution in [2.75, 3.05) is 31.1 Å². The van der Waals surface area contributed by atoms with Crippen molar-refractivity contribution >= 4 is 5.82 Å². The van der Waals surface area contributed by atoms with Crippen LogP contribution in [0.25, 0.3) is 0 Å². The standard InChI is InChI=1S/C8H12N4O/c13-12-6-3-10-8(7-12)11-4-1-9-2-5-11/h3,6-7,9H,1-2,4-5H2. The van der Waals surface area contributed by atoms with E-state index in [4.69, 9.17) is 0 Å².